The van der Waals surface area contributed by atoms with E-state index < -0.39 is 20.0 Å². The average molecular weight is 839 g/mol. The SMILES string of the molecule is CCCCCC/C=C\C/C=C\CCCCCCCCCC(=O)NC(COP(=O)([O-])OCC[N+](C)(C)C)C(O)/C=C/CCCCCCCCCCCCCCCCCC. The largest absolute Gasteiger partial charge is 0.756 e. The normalized spacial score (nSPS) is 14.5. The second-order valence-electron chi connectivity index (χ2n) is 17.8. The van der Waals surface area contributed by atoms with Crippen LogP contribution >= 0.6 is 7.82 Å². The second-order valence-corrected chi connectivity index (χ2v) is 19.2. The molecule has 0 aliphatic carbocycles. The number of hydrogen-bond acceptors (Lipinski definition) is 6. The molecule has 0 rings (SSSR count). The molecule has 0 aromatic carbocycles. The van der Waals surface area contributed by atoms with Crippen LogP contribution in [0.2, 0.25) is 0 Å². The number of carbonyl (C=O) groups is 1. The quantitative estimate of drug-likeness (QED) is 0.0274. The van der Waals surface area contributed by atoms with Crippen LogP contribution in [0.25, 0.3) is 0 Å². The summed E-state index contributed by atoms with van der Waals surface area (Å²) in [6, 6.07) is -0.889. The molecule has 8 nitrogen and oxygen atoms in total. The van der Waals surface area contributed by atoms with E-state index in [2.05, 4.69) is 43.5 Å². The lowest BCUT2D eigenvalue weighted by atomic mass is 10.0. The summed E-state index contributed by atoms with van der Waals surface area (Å²) in [5.74, 6) is -0.205. The number of amides is 1. The number of quaternary nitrogens is 1. The highest BCUT2D eigenvalue weighted by Crippen LogP contribution is 2.38. The molecule has 0 saturated heterocycles. The fraction of sp³-hybridized carbons (Fsp3) is 0.857. The summed E-state index contributed by atoms with van der Waals surface area (Å²) in [4.78, 5) is 25.4. The van der Waals surface area contributed by atoms with Crippen LogP contribution in [0.4, 0.5) is 0 Å². The molecule has 1 amide bonds. The Bertz CT molecular complexity index is 1040. The molecule has 0 radical (unpaired) electrons. The highest BCUT2D eigenvalue weighted by atomic mass is 31.2. The molecule has 0 spiro atoms. The van der Waals surface area contributed by atoms with Gasteiger partial charge in [0.25, 0.3) is 7.82 Å². The van der Waals surface area contributed by atoms with Crippen molar-refractivity contribution in [1.82, 2.24) is 5.32 Å². The van der Waals surface area contributed by atoms with Gasteiger partial charge in [0.05, 0.1) is 39.9 Å². The van der Waals surface area contributed by atoms with Crippen LogP contribution in [0, 0.1) is 0 Å². The number of aliphatic hydroxyl groups excluding tert-OH is 1. The first kappa shape index (κ1) is 56.7. The van der Waals surface area contributed by atoms with E-state index in [1.807, 2.05) is 27.2 Å². The lowest BCUT2D eigenvalue weighted by Gasteiger charge is -2.29. The molecule has 0 aromatic heterocycles. The monoisotopic (exact) mass is 839 g/mol. The smallest absolute Gasteiger partial charge is 0.268 e. The first-order chi connectivity index (χ1) is 28.0. The van der Waals surface area contributed by atoms with Crippen LogP contribution in [-0.2, 0) is 18.4 Å². The molecule has 3 atom stereocenters. The lowest BCUT2D eigenvalue weighted by molar-refractivity contribution is -0.870. The first-order valence-corrected chi connectivity index (χ1v) is 25.8. The van der Waals surface area contributed by atoms with Crippen molar-refractivity contribution in [1.29, 1.82) is 0 Å². The van der Waals surface area contributed by atoms with Crippen molar-refractivity contribution in [2.45, 2.75) is 231 Å². The summed E-state index contributed by atoms with van der Waals surface area (Å²) in [7, 11) is 1.26. The zero-order valence-corrected chi connectivity index (χ0v) is 39.6. The Morgan fingerprint density at radius 3 is 1.45 bits per heavy atom. The van der Waals surface area contributed by atoms with Crippen LogP contribution in [-0.4, -0.2) is 68.5 Å². The highest BCUT2D eigenvalue weighted by Gasteiger charge is 2.23. The molecular weight excluding hydrogens is 744 g/mol. The Kier molecular flexibility index (Phi) is 40.2. The van der Waals surface area contributed by atoms with E-state index in [0.29, 0.717) is 17.4 Å². The summed E-state index contributed by atoms with van der Waals surface area (Å²) in [5, 5.41) is 13.8. The van der Waals surface area contributed by atoms with E-state index in [4.69, 9.17) is 9.05 Å². The third kappa shape index (κ3) is 42.8. The van der Waals surface area contributed by atoms with Gasteiger partial charge in [0.2, 0.25) is 5.91 Å². The minimum absolute atomic E-state index is 0.00269. The van der Waals surface area contributed by atoms with Gasteiger partial charge in [-0.15, -0.1) is 0 Å². The maximum Gasteiger partial charge on any atom is 0.268 e. The summed E-state index contributed by atoms with van der Waals surface area (Å²) in [5.41, 5.74) is 0. The number of phosphoric acid groups is 1. The summed E-state index contributed by atoms with van der Waals surface area (Å²) in [6.45, 7) is 4.63. The van der Waals surface area contributed by atoms with E-state index in [1.54, 1.807) is 6.08 Å². The number of hydrogen-bond donors (Lipinski definition) is 2. The Morgan fingerprint density at radius 1 is 0.603 bits per heavy atom. The molecule has 0 bridgehead atoms. The number of phosphoric ester groups is 1. The zero-order valence-electron chi connectivity index (χ0n) is 38.8. The van der Waals surface area contributed by atoms with E-state index in [1.165, 1.54) is 148 Å². The lowest BCUT2D eigenvalue weighted by Crippen LogP contribution is -2.45. The number of nitrogens with one attached hydrogen (secondary N) is 1. The minimum Gasteiger partial charge on any atom is -0.756 e. The third-order valence-corrected chi connectivity index (χ3v) is 11.8. The van der Waals surface area contributed by atoms with Gasteiger partial charge in [-0.25, -0.2) is 0 Å². The number of nitrogens with zero attached hydrogens (tertiary/aromatic N) is 1. The van der Waals surface area contributed by atoms with E-state index >= 15 is 0 Å². The second kappa shape index (κ2) is 41.1. The van der Waals surface area contributed by atoms with Crippen molar-refractivity contribution < 1.29 is 32.9 Å². The van der Waals surface area contributed by atoms with Gasteiger partial charge in [-0.3, -0.25) is 9.36 Å². The number of unbranched alkanes of at least 4 members (excludes halogenated alkanes) is 27. The van der Waals surface area contributed by atoms with E-state index in [9.17, 15) is 19.4 Å². The van der Waals surface area contributed by atoms with Gasteiger partial charge in [-0.1, -0.05) is 198 Å². The van der Waals surface area contributed by atoms with Crippen molar-refractivity contribution in [3.05, 3.63) is 36.5 Å². The summed E-state index contributed by atoms with van der Waals surface area (Å²) in [6.07, 6.45) is 50.4. The fourth-order valence-electron chi connectivity index (χ4n) is 6.95. The Morgan fingerprint density at radius 2 is 1.00 bits per heavy atom. The van der Waals surface area contributed by atoms with Crippen molar-refractivity contribution in [3.63, 3.8) is 0 Å². The Hall–Kier alpha value is -1.28. The molecule has 3 unspecified atom stereocenters. The zero-order chi connectivity index (χ0) is 42.8. The minimum atomic E-state index is -4.59. The molecule has 0 aliphatic rings. The van der Waals surface area contributed by atoms with Gasteiger partial charge in [0.1, 0.15) is 13.2 Å². The van der Waals surface area contributed by atoms with Gasteiger partial charge in [0, 0.05) is 6.42 Å². The summed E-state index contributed by atoms with van der Waals surface area (Å²) >= 11 is 0. The fourth-order valence-corrected chi connectivity index (χ4v) is 7.67. The van der Waals surface area contributed by atoms with Crippen LogP contribution in [0.15, 0.2) is 36.5 Å². The van der Waals surface area contributed by atoms with E-state index in [-0.39, 0.29) is 19.1 Å². The van der Waals surface area contributed by atoms with Crippen LogP contribution in [0.1, 0.15) is 219 Å². The van der Waals surface area contributed by atoms with Crippen LogP contribution < -0.4 is 10.2 Å². The third-order valence-electron chi connectivity index (χ3n) is 10.8. The molecule has 0 aromatic rings. The van der Waals surface area contributed by atoms with Gasteiger partial charge >= 0.3 is 0 Å². The molecular formula is C49H95N2O6P. The van der Waals surface area contributed by atoms with Crippen LogP contribution in [0.3, 0.4) is 0 Å². The van der Waals surface area contributed by atoms with Gasteiger partial charge in [-0.2, -0.15) is 0 Å². The van der Waals surface area contributed by atoms with Gasteiger partial charge in [-0.05, 0) is 51.4 Å². The molecule has 0 aliphatic heterocycles. The van der Waals surface area contributed by atoms with Crippen molar-refractivity contribution >= 4 is 13.7 Å². The maximum atomic E-state index is 12.9. The van der Waals surface area contributed by atoms with Crippen molar-refractivity contribution in [2.24, 2.45) is 0 Å². The van der Waals surface area contributed by atoms with Crippen LogP contribution in [0.5, 0.6) is 0 Å². The van der Waals surface area contributed by atoms with Crippen molar-refractivity contribution in [2.75, 3.05) is 40.9 Å². The van der Waals surface area contributed by atoms with Gasteiger partial charge < -0.3 is 28.8 Å². The average Bonchev–Trinajstić information content (AvgIpc) is 3.17. The topological polar surface area (TPSA) is 108 Å². The standard InChI is InChI=1S/C49H95N2O6P/c1-6-8-10-12-14-16-18-20-22-24-26-28-30-32-34-36-38-40-42-48(52)47(46-57-58(54,55)56-45-44-51(3,4)5)50-49(53)43-41-39-37-35-33-31-29-27-25-23-21-19-17-15-13-11-9-7-2/h17,19,23,25,40,42,47-48,52H,6-16,18,20-22,24,26-39,41,43-46H2,1-5H3,(H-,50,53,54,55)/b19-17-,25-23-,42-40+. The molecule has 9 heteroatoms. The molecule has 0 fully saturated rings. The Labute approximate surface area is 359 Å². The maximum absolute atomic E-state index is 12.9. The Balaban J connectivity index is 4.38. The van der Waals surface area contributed by atoms with Gasteiger partial charge in [0.15, 0.2) is 0 Å². The summed E-state index contributed by atoms with van der Waals surface area (Å²) < 4.78 is 23.2. The first-order valence-electron chi connectivity index (χ1n) is 24.4. The van der Waals surface area contributed by atoms with E-state index in [0.717, 1.165) is 51.4 Å². The molecule has 342 valence electrons. The predicted octanol–water partition coefficient (Wildman–Crippen LogP) is 13.2. The van der Waals surface area contributed by atoms with Crippen molar-refractivity contribution in [3.8, 4) is 0 Å². The molecule has 0 heterocycles. The molecule has 2 N–H and O–H groups in total. The number of rotatable bonds is 44. The number of allylic oxidation sites excluding steroid dienone is 5. The molecule has 0 saturated carbocycles. The predicted molar refractivity (Wildman–Crippen MR) is 247 cm³/mol. The number of carbonyl (C=O) groups excluding carboxylic acids is 1. The molecule has 58 heavy (non-hydrogen) atoms. The highest BCUT2D eigenvalue weighted by molar-refractivity contribution is 7.45. The number of likely N-dealkylation sites (N-methyl/N-ethyl adjacent to an activating group) is 1. The number of aliphatic hydroxyl groups is 1.